The van der Waals surface area contributed by atoms with Crippen molar-refractivity contribution in [2.24, 2.45) is 11.7 Å². The summed E-state index contributed by atoms with van der Waals surface area (Å²) in [5, 5.41) is 3.98. The van der Waals surface area contributed by atoms with Crippen LogP contribution in [-0.4, -0.2) is 49.6 Å². The summed E-state index contributed by atoms with van der Waals surface area (Å²) in [6, 6.07) is 18.7. The van der Waals surface area contributed by atoms with Crippen LogP contribution in [0.5, 0.6) is 23.0 Å². The fourth-order valence-electron chi connectivity index (χ4n) is 5.30. The van der Waals surface area contributed by atoms with E-state index in [1.807, 2.05) is 30.3 Å². The maximum Gasteiger partial charge on any atom is 0.316 e. The number of nitrogens with one attached hydrogen (secondary N) is 1. The number of carbonyl (C=O) groups is 2. The van der Waals surface area contributed by atoms with Crippen LogP contribution in [-0.2, 0) is 16.0 Å². The van der Waals surface area contributed by atoms with Gasteiger partial charge in [-0.15, -0.1) is 0 Å². The lowest BCUT2D eigenvalue weighted by Crippen LogP contribution is -2.41. The Morgan fingerprint density at radius 1 is 1.02 bits per heavy atom. The molecule has 1 aromatic heterocycles. The molecule has 1 saturated heterocycles. The van der Waals surface area contributed by atoms with Crippen molar-refractivity contribution in [1.82, 2.24) is 10.3 Å². The highest BCUT2D eigenvalue weighted by molar-refractivity contribution is 6.39. The monoisotopic (exact) mass is 586 g/mol. The molecule has 43 heavy (non-hydrogen) atoms. The van der Waals surface area contributed by atoms with Crippen LogP contribution >= 0.6 is 0 Å². The predicted molar refractivity (Wildman–Crippen MR) is 162 cm³/mol. The quantitative estimate of drug-likeness (QED) is 0.251. The number of primary amides is 1. The number of methoxy groups -OCH3 is 1. The topological polar surface area (TPSA) is 116 Å². The number of pyridine rings is 1. The van der Waals surface area contributed by atoms with E-state index in [9.17, 15) is 9.59 Å². The standard InChI is InChI=1S/C33H35FN4O5/c1-21(23-10-14-36-15-11-23)42-31-20-27-25(19-30(31)41-2)28(12-16-37-27)43-29-9-8-24(18-26(29)34)38(33(40)32(35)39)17-13-22-6-4-3-5-7-22/h3-9,12,16,18-21,23,36H,10-11,13-15,17H2,1-2H3,(H2,35,39). The first-order valence-corrected chi connectivity index (χ1v) is 14.3. The number of amides is 2. The summed E-state index contributed by atoms with van der Waals surface area (Å²) in [7, 11) is 1.56. The first-order chi connectivity index (χ1) is 20.8. The zero-order chi connectivity index (χ0) is 30.3. The summed E-state index contributed by atoms with van der Waals surface area (Å²) in [6.45, 7) is 4.15. The van der Waals surface area contributed by atoms with E-state index >= 15 is 4.39 Å². The molecule has 1 unspecified atom stereocenters. The van der Waals surface area contributed by atoms with Crippen molar-refractivity contribution in [3.63, 3.8) is 0 Å². The van der Waals surface area contributed by atoms with Crippen LogP contribution in [0.2, 0.25) is 0 Å². The third-order valence-corrected chi connectivity index (χ3v) is 7.72. The molecule has 2 amide bonds. The van der Waals surface area contributed by atoms with Crippen molar-refractivity contribution in [2.45, 2.75) is 32.3 Å². The normalized spacial score (nSPS) is 14.2. The van der Waals surface area contributed by atoms with Gasteiger partial charge in [-0.3, -0.25) is 14.6 Å². The number of piperidine rings is 1. The number of carbonyl (C=O) groups excluding carboxylic acids is 2. The van der Waals surface area contributed by atoms with E-state index in [4.69, 9.17) is 19.9 Å². The Bertz CT molecular complexity index is 1590. The van der Waals surface area contributed by atoms with Gasteiger partial charge in [-0.1, -0.05) is 30.3 Å². The molecule has 1 atom stereocenters. The zero-order valence-corrected chi connectivity index (χ0v) is 24.2. The Morgan fingerprint density at radius 3 is 2.49 bits per heavy atom. The van der Waals surface area contributed by atoms with Gasteiger partial charge in [0.1, 0.15) is 5.75 Å². The minimum Gasteiger partial charge on any atom is -0.493 e. The second-order valence-corrected chi connectivity index (χ2v) is 10.5. The smallest absolute Gasteiger partial charge is 0.316 e. The van der Waals surface area contributed by atoms with E-state index in [1.165, 1.54) is 17.0 Å². The molecule has 3 aromatic carbocycles. The molecule has 5 rings (SSSR count). The summed E-state index contributed by atoms with van der Waals surface area (Å²) in [6.07, 6.45) is 4.10. The number of ether oxygens (including phenoxy) is 3. The third kappa shape index (κ3) is 7.03. The summed E-state index contributed by atoms with van der Waals surface area (Å²) < 4.78 is 33.4. The van der Waals surface area contributed by atoms with Gasteiger partial charge in [-0.2, -0.15) is 0 Å². The average Bonchev–Trinajstić information content (AvgIpc) is 3.03. The number of hydrogen-bond donors (Lipinski definition) is 2. The van der Waals surface area contributed by atoms with Crippen molar-refractivity contribution in [3.8, 4) is 23.0 Å². The van der Waals surface area contributed by atoms with Crippen molar-refractivity contribution in [3.05, 3.63) is 84.3 Å². The molecule has 9 nitrogen and oxygen atoms in total. The SMILES string of the molecule is COc1cc2c(Oc3ccc(N(CCc4ccccc4)C(=O)C(N)=O)cc3F)ccnc2cc1OC(C)C1CCNCC1. The molecule has 1 aliphatic heterocycles. The number of nitrogens with two attached hydrogens (primary N) is 1. The lowest BCUT2D eigenvalue weighted by atomic mass is 9.93. The number of nitrogens with zero attached hydrogens (tertiary/aromatic N) is 2. The lowest BCUT2D eigenvalue weighted by Gasteiger charge is -2.29. The first kappa shape index (κ1) is 29.8. The van der Waals surface area contributed by atoms with E-state index in [-0.39, 0.29) is 24.1 Å². The molecule has 0 bridgehead atoms. The van der Waals surface area contributed by atoms with Gasteiger partial charge in [0.15, 0.2) is 23.1 Å². The largest absolute Gasteiger partial charge is 0.493 e. The predicted octanol–water partition coefficient (Wildman–Crippen LogP) is 5.00. The maximum absolute atomic E-state index is 15.4. The molecule has 0 radical (unpaired) electrons. The molecule has 2 heterocycles. The summed E-state index contributed by atoms with van der Waals surface area (Å²) >= 11 is 0. The van der Waals surface area contributed by atoms with Crippen LogP contribution in [0.15, 0.2) is 72.9 Å². The van der Waals surface area contributed by atoms with Crippen molar-refractivity contribution in [2.75, 3.05) is 31.6 Å². The van der Waals surface area contributed by atoms with Gasteiger partial charge in [-0.05, 0) is 75.0 Å². The molecular formula is C33H35FN4O5. The third-order valence-electron chi connectivity index (χ3n) is 7.72. The van der Waals surface area contributed by atoms with Crippen LogP contribution in [0.25, 0.3) is 10.9 Å². The molecule has 3 N–H and O–H groups in total. The maximum atomic E-state index is 15.4. The van der Waals surface area contributed by atoms with Gasteiger partial charge >= 0.3 is 11.8 Å². The van der Waals surface area contributed by atoms with Crippen LogP contribution in [0.4, 0.5) is 10.1 Å². The highest BCUT2D eigenvalue weighted by atomic mass is 19.1. The van der Waals surface area contributed by atoms with Crippen molar-refractivity contribution < 1.29 is 28.2 Å². The molecule has 0 spiro atoms. The number of halogens is 1. The van der Waals surface area contributed by atoms with E-state index in [1.54, 1.807) is 31.5 Å². The van der Waals surface area contributed by atoms with E-state index in [0.29, 0.717) is 40.5 Å². The van der Waals surface area contributed by atoms with Gasteiger partial charge in [0.25, 0.3) is 0 Å². The minimum atomic E-state index is -1.13. The number of fused-ring (bicyclic) bond motifs is 1. The van der Waals surface area contributed by atoms with E-state index in [2.05, 4.69) is 17.2 Å². The number of anilines is 1. The van der Waals surface area contributed by atoms with Gasteiger partial charge in [0.2, 0.25) is 0 Å². The van der Waals surface area contributed by atoms with Crippen LogP contribution in [0, 0.1) is 11.7 Å². The van der Waals surface area contributed by atoms with E-state index < -0.39 is 17.6 Å². The minimum absolute atomic E-state index is 0.00537. The van der Waals surface area contributed by atoms with Gasteiger partial charge in [0.05, 0.1) is 18.7 Å². The molecular weight excluding hydrogens is 551 g/mol. The van der Waals surface area contributed by atoms with Gasteiger partial charge < -0.3 is 30.2 Å². The second kappa shape index (κ2) is 13.5. The van der Waals surface area contributed by atoms with Gasteiger partial charge in [-0.25, -0.2) is 4.39 Å². The van der Waals surface area contributed by atoms with Crippen LogP contribution in [0.1, 0.15) is 25.3 Å². The molecule has 0 saturated carbocycles. The lowest BCUT2D eigenvalue weighted by molar-refractivity contribution is -0.135. The molecule has 0 aliphatic carbocycles. The van der Waals surface area contributed by atoms with Gasteiger partial charge in [0, 0.05) is 35.9 Å². The molecule has 1 aliphatic rings. The fourth-order valence-corrected chi connectivity index (χ4v) is 5.30. The number of benzene rings is 3. The van der Waals surface area contributed by atoms with E-state index in [0.717, 1.165) is 37.6 Å². The Balaban J connectivity index is 1.38. The first-order valence-electron chi connectivity index (χ1n) is 14.3. The molecule has 10 heteroatoms. The second-order valence-electron chi connectivity index (χ2n) is 10.5. The summed E-state index contributed by atoms with van der Waals surface area (Å²) in [5.41, 5.74) is 7.04. The highest BCUT2D eigenvalue weighted by Crippen LogP contribution is 2.39. The van der Waals surface area contributed by atoms with Crippen molar-refractivity contribution in [1.29, 1.82) is 0 Å². The molecule has 224 valence electrons. The average molecular weight is 587 g/mol. The highest BCUT2D eigenvalue weighted by Gasteiger charge is 2.24. The zero-order valence-electron chi connectivity index (χ0n) is 24.2. The fraction of sp³-hybridized carbons (Fsp3) is 0.303. The van der Waals surface area contributed by atoms with Crippen LogP contribution < -0.4 is 30.2 Å². The number of hydrogen-bond acceptors (Lipinski definition) is 7. The summed E-state index contributed by atoms with van der Waals surface area (Å²) in [5.74, 6) is -0.943. The Labute approximate surface area is 249 Å². The Morgan fingerprint density at radius 2 is 1.79 bits per heavy atom. The van der Waals surface area contributed by atoms with Crippen LogP contribution in [0.3, 0.4) is 0 Å². The van der Waals surface area contributed by atoms with Crippen molar-refractivity contribution >= 4 is 28.4 Å². The Hall–Kier alpha value is -4.70. The molecule has 4 aromatic rings. The number of aromatic nitrogens is 1. The number of rotatable bonds is 10. The summed E-state index contributed by atoms with van der Waals surface area (Å²) in [4.78, 5) is 30.0. The molecule has 1 fully saturated rings. The Kier molecular flexibility index (Phi) is 9.36.